The molecule has 0 saturated carbocycles. The maximum Gasteiger partial charge on any atom is 0.327 e. The van der Waals surface area contributed by atoms with Crippen LogP contribution in [0.3, 0.4) is 0 Å². The number of hydrogen-bond donors (Lipinski definition) is 7. The minimum absolute atomic E-state index is 0.0321. The highest BCUT2D eigenvalue weighted by atomic mass is 32.1. The highest BCUT2D eigenvalue weighted by Gasteiger charge is 2.33. The summed E-state index contributed by atoms with van der Waals surface area (Å²) in [7, 11) is 0. The SMILES string of the molecule is CCC(C)C(N)C(=O)NC(C(=O)NC(Cc1ccc(O)cc1)C(=O)NC(CS)C(=O)O)C(C)CC. The van der Waals surface area contributed by atoms with Crippen molar-refractivity contribution >= 4 is 36.3 Å². The Morgan fingerprint density at radius 2 is 1.43 bits per heavy atom. The van der Waals surface area contributed by atoms with E-state index in [1.165, 1.54) is 12.1 Å². The lowest BCUT2D eigenvalue weighted by molar-refractivity contribution is -0.141. The third-order valence-electron chi connectivity index (χ3n) is 6.16. The second-order valence-electron chi connectivity index (χ2n) is 8.80. The zero-order valence-corrected chi connectivity index (χ0v) is 21.5. The summed E-state index contributed by atoms with van der Waals surface area (Å²) in [5.41, 5.74) is 6.66. The van der Waals surface area contributed by atoms with E-state index in [4.69, 9.17) is 5.73 Å². The van der Waals surface area contributed by atoms with Gasteiger partial charge in [-0.15, -0.1) is 0 Å². The van der Waals surface area contributed by atoms with Crippen molar-refractivity contribution in [2.24, 2.45) is 17.6 Å². The highest BCUT2D eigenvalue weighted by molar-refractivity contribution is 7.80. The molecule has 1 aromatic carbocycles. The van der Waals surface area contributed by atoms with Crippen molar-refractivity contribution in [2.75, 3.05) is 5.75 Å². The zero-order valence-electron chi connectivity index (χ0n) is 20.7. The number of carboxylic acids is 1. The van der Waals surface area contributed by atoms with Crippen LogP contribution in [-0.2, 0) is 25.6 Å². The van der Waals surface area contributed by atoms with Crippen LogP contribution in [0.2, 0.25) is 0 Å². The molecule has 1 rings (SSSR count). The number of aromatic hydroxyl groups is 1. The number of carbonyl (C=O) groups is 4. The fourth-order valence-electron chi connectivity index (χ4n) is 3.26. The third kappa shape index (κ3) is 9.41. The number of aliphatic carboxylic acids is 1. The van der Waals surface area contributed by atoms with Gasteiger partial charge in [-0.1, -0.05) is 52.7 Å². The molecule has 0 aliphatic heterocycles. The van der Waals surface area contributed by atoms with Gasteiger partial charge < -0.3 is 31.9 Å². The van der Waals surface area contributed by atoms with Crippen molar-refractivity contribution in [3.8, 4) is 5.75 Å². The number of hydrogen-bond acceptors (Lipinski definition) is 7. The summed E-state index contributed by atoms with van der Waals surface area (Å²) in [4.78, 5) is 50.3. The summed E-state index contributed by atoms with van der Waals surface area (Å²) in [5.74, 6) is -3.45. The van der Waals surface area contributed by atoms with Gasteiger partial charge in [0.2, 0.25) is 17.7 Å². The Hall–Kier alpha value is -2.79. The largest absolute Gasteiger partial charge is 0.508 e. The number of carbonyl (C=O) groups excluding carboxylic acids is 3. The van der Waals surface area contributed by atoms with E-state index in [9.17, 15) is 29.4 Å². The molecule has 0 saturated heterocycles. The average molecular weight is 511 g/mol. The summed E-state index contributed by atoms with van der Waals surface area (Å²) in [6.45, 7) is 7.44. The molecular weight excluding hydrogens is 472 g/mol. The van der Waals surface area contributed by atoms with Crippen LogP contribution in [0.4, 0.5) is 0 Å². The molecule has 0 aliphatic rings. The Balaban J connectivity index is 3.16. The van der Waals surface area contributed by atoms with E-state index in [0.29, 0.717) is 18.4 Å². The van der Waals surface area contributed by atoms with E-state index in [-0.39, 0.29) is 29.8 Å². The standard InChI is InChI=1S/C24H38N4O6S/c1-5-13(3)19(25)22(31)28-20(14(4)6-2)23(32)26-17(11-15-7-9-16(29)10-8-15)21(30)27-18(12-35)24(33)34/h7-10,13-14,17-20,29,35H,5-6,11-12,25H2,1-4H3,(H,26,32)(H,27,30)(H,28,31)(H,33,34). The van der Waals surface area contributed by atoms with Crippen LogP contribution in [0.5, 0.6) is 5.75 Å². The lowest BCUT2D eigenvalue weighted by Gasteiger charge is -2.28. The number of phenolic OH excluding ortho intramolecular Hbond substituents is 1. The number of thiol groups is 1. The first-order valence-electron chi connectivity index (χ1n) is 11.7. The van der Waals surface area contributed by atoms with E-state index in [2.05, 4.69) is 28.6 Å². The average Bonchev–Trinajstić information content (AvgIpc) is 2.84. The first kappa shape index (κ1) is 30.2. The van der Waals surface area contributed by atoms with Gasteiger partial charge in [-0.05, 0) is 29.5 Å². The Labute approximate surface area is 211 Å². The van der Waals surface area contributed by atoms with Crippen LogP contribution in [0.25, 0.3) is 0 Å². The Morgan fingerprint density at radius 1 is 0.886 bits per heavy atom. The number of amides is 3. The van der Waals surface area contributed by atoms with Gasteiger partial charge in [0.25, 0.3) is 0 Å². The number of phenols is 1. The fourth-order valence-corrected chi connectivity index (χ4v) is 3.51. The minimum atomic E-state index is -1.26. The Kier molecular flexibility index (Phi) is 12.6. The number of nitrogens with one attached hydrogen (secondary N) is 3. The van der Waals surface area contributed by atoms with Gasteiger partial charge >= 0.3 is 5.97 Å². The molecule has 6 atom stereocenters. The maximum absolute atomic E-state index is 13.3. The van der Waals surface area contributed by atoms with Crippen molar-refractivity contribution in [1.82, 2.24) is 16.0 Å². The summed E-state index contributed by atoms with van der Waals surface area (Å²) in [6, 6.07) is 1.95. The molecule has 7 N–H and O–H groups in total. The molecule has 0 heterocycles. The van der Waals surface area contributed by atoms with E-state index in [1.807, 2.05) is 20.8 Å². The highest BCUT2D eigenvalue weighted by Crippen LogP contribution is 2.14. The maximum atomic E-state index is 13.3. The van der Waals surface area contributed by atoms with Gasteiger partial charge in [-0.3, -0.25) is 14.4 Å². The van der Waals surface area contributed by atoms with Crippen LogP contribution in [-0.4, -0.2) is 63.8 Å². The van der Waals surface area contributed by atoms with Gasteiger partial charge in [-0.2, -0.15) is 12.6 Å². The van der Waals surface area contributed by atoms with Crippen LogP contribution in [0, 0.1) is 11.8 Å². The molecule has 0 spiro atoms. The summed E-state index contributed by atoms with van der Waals surface area (Å²) < 4.78 is 0. The molecule has 0 bridgehead atoms. The minimum Gasteiger partial charge on any atom is -0.508 e. The molecule has 6 unspecified atom stereocenters. The molecule has 196 valence electrons. The smallest absolute Gasteiger partial charge is 0.327 e. The van der Waals surface area contributed by atoms with Gasteiger partial charge in [0.1, 0.15) is 23.9 Å². The Bertz CT molecular complexity index is 866. The normalized spacial score (nSPS) is 16.2. The van der Waals surface area contributed by atoms with Crippen molar-refractivity contribution in [2.45, 2.75) is 71.1 Å². The van der Waals surface area contributed by atoms with Crippen molar-refractivity contribution < 1.29 is 29.4 Å². The predicted octanol–water partition coefficient (Wildman–Crippen LogP) is 0.823. The predicted molar refractivity (Wildman–Crippen MR) is 136 cm³/mol. The van der Waals surface area contributed by atoms with Crippen molar-refractivity contribution in [1.29, 1.82) is 0 Å². The zero-order chi connectivity index (χ0) is 26.7. The topological polar surface area (TPSA) is 171 Å². The van der Waals surface area contributed by atoms with Crippen LogP contribution < -0.4 is 21.7 Å². The molecule has 1 aromatic rings. The summed E-state index contributed by atoms with van der Waals surface area (Å²) in [6.07, 6.45) is 1.30. The molecule has 0 radical (unpaired) electrons. The lowest BCUT2D eigenvalue weighted by Crippen LogP contribution is -2.59. The molecule has 11 heteroatoms. The van der Waals surface area contributed by atoms with E-state index >= 15 is 0 Å². The second kappa shape index (κ2) is 14.6. The summed E-state index contributed by atoms with van der Waals surface area (Å²) >= 11 is 3.96. The van der Waals surface area contributed by atoms with Gasteiger partial charge in [0.15, 0.2) is 0 Å². The lowest BCUT2D eigenvalue weighted by atomic mass is 9.95. The third-order valence-corrected chi connectivity index (χ3v) is 6.52. The Morgan fingerprint density at radius 3 is 1.91 bits per heavy atom. The number of benzene rings is 1. The number of carboxylic acid groups (broad SMARTS) is 1. The quantitative estimate of drug-likeness (QED) is 0.182. The second-order valence-corrected chi connectivity index (χ2v) is 9.16. The molecule has 35 heavy (non-hydrogen) atoms. The van der Waals surface area contributed by atoms with E-state index in [1.54, 1.807) is 19.1 Å². The van der Waals surface area contributed by atoms with Crippen molar-refractivity contribution in [3.05, 3.63) is 29.8 Å². The van der Waals surface area contributed by atoms with Gasteiger partial charge in [-0.25, -0.2) is 4.79 Å². The number of rotatable bonds is 14. The van der Waals surface area contributed by atoms with E-state index in [0.717, 1.165) is 0 Å². The van der Waals surface area contributed by atoms with Crippen LogP contribution >= 0.6 is 12.6 Å². The first-order valence-corrected chi connectivity index (χ1v) is 12.4. The summed E-state index contributed by atoms with van der Waals surface area (Å²) in [5, 5.41) is 26.6. The molecule has 10 nitrogen and oxygen atoms in total. The first-order chi connectivity index (χ1) is 16.4. The van der Waals surface area contributed by atoms with Gasteiger partial charge in [0, 0.05) is 12.2 Å². The van der Waals surface area contributed by atoms with Crippen LogP contribution in [0.15, 0.2) is 24.3 Å². The molecule has 0 aromatic heterocycles. The van der Waals surface area contributed by atoms with Crippen molar-refractivity contribution in [3.63, 3.8) is 0 Å². The molecule has 0 aliphatic carbocycles. The van der Waals surface area contributed by atoms with E-state index < -0.39 is 47.9 Å². The monoisotopic (exact) mass is 510 g/mol. The van der Waals surface area contributed by atoms with Gasteiger partial charge in [0.05, 0.1) is 6.04 Å². The molecule has 3 amide bonds. The number of nitrogens with two attached hydrogens (primary N) is 1. The molecule has 0 fully saturated rings. The van der Waals surface area contributed by atoms with Crippen LogP contribution in [0.1, 0.15) is 46.1 Å². The molecular formula is C24H38N4O6S. The fraction of sp³-hybridized carbons (Fsp3) is 0.583.